The fraction of sp³-hybridized carbons (Fsp3) is 0. The highest BCUT2D eigenvalue weighted by atomic mass is 14.2. The first-order valence-electron chi connectivity index (χ1n) is 40.2. The first-order chi connectivity index (χ1) is 57.5. The molecule has 23 aromatic carbocycles. The number of rotatable bonds is 9. The highest BCUT2D eigenvalue weighted by Crippen LogP contribution is 2.49. The van der Waals surface area contributed by atoms with E-state index in [2.05, 4.69) is 461 Å². The molecule has 540 valence electrons. The van der Waals surface area contributed by atoms with Crippen LogP contribution in [0.5, 0.6) is 0 Å². The van der Waals surface area contributed by atoms with Gasteiger partial charge in [-0.05, 0) is 255 Å². The van der Waals surface area contributed by atoms with Crippen LogP contribution in [0.25, 0.3) is 219 Å². The average Bonchev–Trinajstić information content (AvgIpc) is 0.744. The van der Waals surface area contributed by atoms with Crippen LogP contribution in [-0.4, -0.2) is 0 Å². The molecule has 0 spiro atoms. The van der Waals surface area contributed by atoms with Crippen LogP contribution >= 0.6 is 0 Å². The van der Waals surface area contributed by atoms with Gasteiger partial charge >= 0.3 is 0 Å². The largest absolute Gasteiger partial charge is 0.0622 e. The standard InChI is InChI=1S/C42H28.C40H26.C34H22/c1-2-11-29(12-3-1)34-15-10-16-35(27-34)31-21-24-32(25-22-31)41-37-17-6-8-19-39(37)42(40-20-9-7-18-38(40)41)36-26-23-30-13-4-5-14-33(30)28-36;1-3-11-31-25-33(23-19-27(31)9-1)29-17-21-30(22-18-29)39-35-13-5-7-15-37(35)40(38-16-8-6-14-36(38)39)34-24-20-28-10-2-4-12-32(28)26-34;1-3-11-25-21-27(19-17-23(25)9-1)33-29-13-5-7-15-31(29)34(32-16-8-6-14-30(32)33)28-20-18-24-10-2-4-12-26(24)22-28/h1-28H;1-26H;1-22H. The summed E-state index contributed by atoms with van der Waals surface area (Å²) in [5, 5.41) is 28.1. The molecule has 0 N–H and O–H groups in total. The number of benzene rings is 23. The van der Waals surface area contributed by atoms with E-state index in [4.69, 9.17) is 0 Å². The van der Waals surface area contributed by atoms with Gasteiger partial charge in [-0.3, -0.25) is 0 Å². The zero-order chi connectivity index (χ0) is 76.8. The van der Waals surface area contributed by atoms with Crippen LogP contribution in [0.4, 0.5) is 0 Å². The Hall–Kier alpha value is -15.1. The Balaban J connectivity index is 0.000000109. The second-order valence-electron chi connectivity index (χ2n) is 30.4. The van der Waals surface area contributed by atoms with Crippen molar-refractivity contribution in [2.45, 2.75) is 0 Å². The predicted molar refractivity (Wildman–Crippen MR) is 501 cm³/mol. The minimum absolute atomic E-state index is 1.22. The van der Waals surface area contributed by atoms with Gasteiger partial charge in [0.2, 0.25) is 0 Å². The lowest BCUT2D eigenvalue weighted by Crippen LogP contribution is -1.91. The number of hydrogen-bond donors (Lipinski definition) is 0. The maximum Gasteiger partial charge on any atom is -0.00262 e. The topological polar surface area (TPSA) is 0 Å². The molecular formula is C116H76. The molecule has 0 unspecified atom stereocenters. The van der Waals surface area contributed by atoms with Crippen molar-refractivity contribution in [1.29, 1.82) is 0 Å². The molecule has 0 bridgehead atoms. The van der Waals surface area contributed by atoms with Crippen LogP contribution in [-0.2, 0) is 0 Å². The van der Waals surface area contributed by atoms with E-state index < -0.39 is 0 Å². The van der Waals surface area contributed by atoms with Crippen molar-refractivity contribution in [2.24, 2.45) is 0 Å². The quantitative estimate of drug-likeness (QED) is 0.126. The van der Waals surface area contributed by atoms with Crippen LogP contribution in [0.1, 0.15) is 0 Å². The van der Waals surface area contributed by atoms with Crippen LogP contribution < -0.4 is 0 Å². The highest BCUT2D eigenvalue weighted by Gasteiger charge is 2.22. The molecule has 0 fully saturated rings. The van der Waals surface area contributed by atoms with Crippen LogP contribution in [0.2, 0.25) is 0 Å². The number of hydrogen-bond acceptors (Lipinski definition) is 0. The molecule has 0 saturated heterocycles. The summed E-state index contributed by atoms with van der Waals surface area (Å²) >= 11 is 0. The first-order valence-corrected chi connectivity index (χ1v) is 40.2. The fourth-order valence-corrected chi connectivity index (χ4v) is 18.2. The van der Waals surface area contributed by atoms with Crippen molar-refractivity contribution in [1.82, 2.24) is 0 Å². The Morgan fingerprint density at radius 3 is 0.483 bits per heavy atom. The van der Waals surface area contributed by atoms with Crippen molar-refractivity contribution in [3.05, 3.63) is 461 Å². The van der Waals surface area contributed by atoms with Gasteiger partial charge in [0.25, 0.3) is 0 Å². The third-order valence-corrected chi connectivity index (χ3v) is 23.7. The van der Waals surface area contributed by atoms with Crippen molar-refractivity contribution in [3.63, 3.8) is 0 Å². The van der Waals surface area contributed by atoms with Gasteiger partial charge < -0.3 is 0 Å². The minimum atomic E-state index is 1.22. The summed E-state index contributed by atoms with van der Waals surface area (Å²) in [5.74, 6) is 0. The van der Waals surface area contributed by atoms with E-state index in [1.165, 1.54) is 219 Å². The fourth-order valence-electron chi connectivity index (χ4n) is 18.2. The van der Waals surface area contributed by atoms with Gasteiger partial charge in [0.05, 0.1) is 0 Å². The van der Waals surface area contributed by atoms with Crippen LogP contribution in [0.3, 0.4) is 0 Å². The third kappa shape index (κ3) is 12.7. The van der Waals surface area contributed by atoms with Gasteiger partial charge in [-0.1, -0.05) is 425 Å². The van der Waals surface area contributed by atoms with Gasteiger partial charge in [0.1, 0.15) is 0 Å². The summed E-state index contributed by atoms with van der Waals surface area (Å²) in [6, 6.07) is 168. The Labute approximate surface area is 675 Å². The molecule has 23 rings (SSSR count). The van der Waals surface area contributed by atoms with Crippen molar-refractivity contribution in [2.75, 3.05) is 0 Å². The molecule has 0 aliphatic rings. The second kappa shape index (κ2) is 29.9. The van der Waals surface area contributed by atoms with Crippen LogP contribution in [0.15, 0.2) is 461 Å². The normalized spacial score (nSPS) is 11.4. The van der Waals surface area contributed by atoms with E-state index >= 15 is 0 Å². The molecule has 0 aromatic heterocycles. The van der Waals surface area contributed by atoms with E-state index in [0.29, 0.717) is 0 Å². The average molecular weight is 1470 g/mol. The maximum atomic E-state index is 2.33. The molecule has 0 radical (unpaired) electrons. The summed E-state index contributed by atoms with van der Waals surface area (Å²) < 4.78 is 0. The lowest BCUT2D eigenvalue weighted by molar-refractivity contribution is 1.58. The van der Waals surface area contributed by atoms with E-state index in [1.54, 1.807) is 0 Å². The smallest absolute Gasteiger partial charge is 0.00262 e. The van der Waals surface area contributed by atoms with E-state index in [9.17, 15) is 0 Å². The summed E-state index contributed by atoms with van der Waals surface area (Å²) in [7, 11) is 0. The van der Waals surface area contributed by atoms with Crippen molar-refractivity contribution >= 4 is 118 Å². The molecule has 0 heteroatoms. The molecule has 0 saturated carbocycles. The zero-order valence-electron chi connectivity index (χ0n) is 63.9. The van der Waals surface area contributed by atoms with Gasteiger partial charge in [0, 0.05) is 0 Å². The maximum absolute atomic E-state index is 2.33. The molecule has 116 heavy (non-hydrogen) atoms. The molecule has 23 aromatic rings. The molecule has 0 aliphatic carbocycles. The van der Waals surface area contributed by atoms with Gasteiger partial charge in [-0.2, -0.15) is 0 Å². The van der Waals surface area contributed by atoms with Crippen molar-refractivity contribution < 1.29 is 0 Å². The molecule has 0 amide bonds. The molecular weight excluding hydrogens is 1390 g/mol. The molecule has 0 heterocycles. The highest BCUT2D eigenvalue weighted by molar-refractivity contribution is 6.25. The zero-order valence-corrected chi connectivity index (χ0v) is 63.9. The van der Waals surface area contributed by atoms with Gasteiger partial charge in [0.15, 0.2) is 0 Å². The van der Waals surface area contributed by atoms with Crippen molar-refractivity contribution in [3.8, 4) is 100 Å². The monoisotopic (exact) mass is 1470 g/mol. The van der Waals surface area contributed by atoms with Crippen LogP contribution in [0, 0.1) is 0 Å². The molecule has 0 nitrogen and oxygen atoms in total. The lowest BCUT2D eigenvalue weighted by Gasteiger charge is -2.18. The van der Waals surface area contributed by atoms with Gasteiger partial charge in [-0.15, -0.1) is 0 Å². The lowest BCUT2D eigenvalue weighted by atomic mass is 9.85. The summed E-state index contributed by atoms with van der Waals surface area (Å²) in [6.07, 6.45) is 0. The SMILES string of the molecule is c1ccc(-c2cccc(-c3ccc(-c4c5ccccc5c(-c5ccc6ccccc6c5)c5ccccc45)cc3)c2)cc1.c1ccc2cc(-c3c4ccccc4c(-c4ccc5ccccc5c4)c4ccccc34)ccc2c1.c1ccc2cc(-c3ccc(-c4c5ccccc5c(-c5ccc6ccccc6c5)c5ccccc45)cc3)ccc2c1. The minimum Gasteiger partial charge on any atom is -0.0622 e. The Morgan fingerprint density at radius 2 is 0.233 bits per heavy atom. The summed E-state index contributed by atoms with van der Waals surface area (Å²) in [4.78, 5) is 0. The molecule has 0 aliphatic heterocycles. The second-order valence-corrected chi connectivity index (χ2v) is 30.4. The predicted octanol–water partition coefficient (Wildman–Crippen LogP) is 32.7. The van der Waals surface area contributed by atoms with Gasteiger partial charge in [-0.25, -0.2) is 0 Å². The van der Waals surface area contributed by atoms with E-state index in [-0.39, 0.29) is 0 Å². The Morgan fingerprint density at radius 1 is 0.0776 bits per heavy atom. The third-order valence-electron chi connectivity index (χ3n) is 23.7. The van der Waals surface area contributed by atoms with E-state index in [1.807, 2.05) is 0 Å². The Kier molecular flexibility index (Phi) is 17.7. The molecule has 0 atom stereocenters. The summed E-state index contributed by atoms with van der Waals surface area (Å²) in [5.41, 5.74) is 22.7. The first kappa shape index (κ1) is 68.9. The number of fused-ring (bicyclic) bond motifs is 11. The van der Waals surface area contributed by atoms with E-state index in [0.717, 1.165) is 0 Å². The summed E-state index contributed by atoms with van der Waals surface area (Å²) in [6.45, 7) is 0. The Bertz CT molecular complexity index is 7430.